The molecule has 0 aliphatic carbocycles. The lowest BCUT2D eigenvalue weighted by atomic mass is 9.98. The van der Waals surface area contributed by atoms with Crippen molar-refractivity contribution < 1.29 is 20.1 Å². The summed E-state index contributed by atoms with van der Waals surface area (Å²) in [5.41, 5.74) is 3.98. The highest BCUT2D eigenvalue weighted by Gasteiger charge is 2.27. The molecule has 28 heavy (non-hydrogen) atoms. The summed E-state index contributed by atoms with van der Waals surface area (Å²) in [6.07, 6.45) is -0.0364. The predicted octanol–water partition coefficient (Wildman–Crippen LogP) is 2.80. The zero-order chi connectivity index (χ0) is 20.6. The van der Waals surface area contributed by atoms with Gasteiger partial charge < -0.3 is 20.2 Å². The first-order valence-electron chi connectivity index (χ1n) is 9.47. The molecule has 0 bridgehead atoms. The van der Waals surface area contributed by atoms with Crippen molar-refractivity contribution in [2.75, 3.05) is 14.1 Å². The van der Waals surface area contributed by atoms with Crippen molar-refractivity contribution in [3.05, 3.63) is 58.1 Å². The Morgan fingerprint density at radius 3 is 2.39 bits per heavy atom. The predicted molar refractivity (Wildman–Crippen MR) is 107 cm³/mol. The molecule has 6 nitrogen and oxygen atoms in total. The highest BCUT2D eigenvalue weighted by atomic mass is 16.3. The van der Waals surface area contributed by atoms with Crippen molar-refractivity contribution in [2.24, 2.45) is 0 Å². The molecule has 0 aromatic heterocycles. The minimum atomic E-state index is -0.555. The van der Waals surface area contributed by atoms with E-state index in [4.69, 9.17) is 0 Å². The van der Waals surface area contributed by atoms with Crippen LogP contribution in [0.25, 0.3) is 0 Å². The van der Waals surface area contributed by atoms with E-state index in [1.165, 1.54) is 6.07 Å². The molecule has 1 amide bonds. The molecule has 2 aromatic rings. The Kier molecular flexibility index (Phi) is 5.63. The molecule has 1 unspecified atom stereocenters. The third-order valence-corrected chi connectivity index (χ3v) is 5.29. The van der Waals surface area contributed by atoms with Crippen LogP contribution < -0.4 is 0 Å². The number of fused-ring (bicyclic) bond motifs is 1. The van der Waals surface area contributed by atoms with Crippen molar-refractivity contribution in [1.82, 2.24) is 9.80 Å². The first kappa shape index (κ1) is 20.2. The number of aliphatic hydroxyl groups excluding tert-OH is 1. The molecule has 0 saturated carbocycles. The van der Waals surface area contributed by atoms with Crippen LogP contribution in [0.2, 0.25) is 0 Å². The maximum absolute atomic E-state index is 13.0. The van der Waals surface area contributed by atoms with Gasteiger partial charge in [-0.15, -0.1) is 0 Å². The van der Waals surface area contributed by atoms with Crippen LogP contribution in [-0.2, 0) is 19.5 Å². The summed E-state index contributed by atoms with van der Waals surface area (Å²) in [4.78, 5) is 16.5. The Morgan fingerprint density at radius 2 is 1.75 bits per heavy atom. The lowest BCUT2D eigenvalue weighted by Crippen LogP contribution is -2.29. The molecule has 0 fully saturated rings. The number of hydrogen-bond acceptors (Lipinski definition) is 5. The zero-order valence-corrected chi connectivity index (χ0v) is 16.8. The fraction of sp³-hybridized carbons (Fsp3) is 0.409. The standard InChI is InChI=1S/C22H28N2O4/c1-13(2)17-9-18(20(26)10-19(17)25)22(28)24-11-15-6-5-14(7-16(15)12-24)8-21(27)23(3)4/h5-7,9-10,13,21,25-27H,8,11-12H2,1-4H3. The van der Waals surface area contributed by atoms with Crippen LogP contribution in [0.15, 0.2) is 30.3 Å². The zero-order valence-electron chi connectivity index (χ0n) is 16.8. The summed E-state index contributed by atoms with van der Waals surface area (Å²) in [6, 6.07) is 8.84. The lowest BCUT2D eigenvalue weighted by Gasteiger charge is -2.18. The van der Waals surface area contributed by atoms with Crippen molar-refractivity contribution in [2.45, 2.75) is 45.5 Å². The topological polar surface area (TPSA) is 84.2 Å². The van der Waals surface area contributed by atoms with Gasteiger partial charge in [0, 0.05) is 25.6 Å². The largest absolute Gasteiger partial charge is 0.508 e. The molecule has 0 saturated heterocycles. The van der Waals surface area contributed by atoms with E-state index in [1.807, 2.05) is 46.1 Å². The Hall–Kier alpha value is -2.57. The number of carbonyl (C=O) groups is 1. The Labute approximate surface area is 165 Å². The van der Waals surface area contributed by atoms with E-state index in [1.54, 1.807) is 15.9 Å². The van der Waals surface area contributed by atoms with Gasteiger partial charge in [0.1, 0.15) is 17.7 Å². The molecule has 1 aliphatic heterocycles. The lowest BCUT2D eigenvalue weighted by molar-refractivity contribution is 0.0412. The van der Waals surface area contributed by atoms with E-state index < -0.39 is 6.23 Å². The number of phenols is 2. The maximum atomic E-state index is 13.0. The first-order chi connectivity index (χ1) is 13.2. The van der Waals surface area contributed by atoms with Crippen LogP contribution in [-0.4, -0.2) is 51.3 Å². The SMILES string of the molecule is CC(C)c1cc(C(=O)N2Cc3ccc(CC(O)N(C)C)cc3C2)c(O)cc1O. The van der Waals surface area contributed by atoms with E-state index in [-0.39, 0.29) is 28.9 Å². The van der Waals surface area contributed by atoms with E-state index in [0.29, 0.717) is 25.1 Å². The van der Waals surface area contributed by atoms with Crippen LogP contribution in [0.4, 0.5) is 0 Å². The summed E-state index contributed by atoms with van der Waals surface area (Å²) in [5.74, 6) is -0.436. The average molecular weight is 384 g/mol. The van der Waals surface area contributed by atoms with E-state index >= 15 is 0 Å². The fourth-order valence-electron chi connectivity index (χ4n) is 3.51. The molecule has 6 heteroatoms. The molecule has 3 rings (SSSR count). The quantitative estimate of drug-likeness (QED) is 0.691. The molecule has 1 atom stereocenters. The van der Waals surface area contributed by atoms with Gasteiger partial charge in [0.25, 0.3) is 5.91 Å². The fourth-order valence-corrected chi connectivity index (χ4v) is 3.51. The maximum Gasteiger partial charge on any atom is 0.258 e. The summed E-state index contributed by atoms with van der Waals surface area (Å²) >= 11 is 0. The highest BCUT2D eigenvalue weighted by Crippen LogP contribution is 2.34. The van der Waals surface area contributed by atoms with Crippen molar-refractivity contribution >= 4 is 5.91 Å². The van der Waals surface area contributed by atoms with E-state index in [9.17, 15) is 20.1 Å². The number of carbonyl (C=O) groups excluding carboxylic acids is 1. The van der Waals surface area contributed by atoms with Crippen molar-refractivity contribution in [1.29, 1.82) is 0 Å². The van der Waals surface area contributed by atoms with Crippen LogP contribution in [0.3, 0.4) is 0 Å². The van der Waals surface area contributed by atoms with Gasteiger partial charge in [-0.1, -0.05) is 32.0 Å². The van der Waals surface area contributed by atoms with Gasteiger partial charge in [0.05, 0.1) is 5.56 Å². The van der Waals surface area contributed by atoms with Crippen molar-refractivity contribution in [3.63, 3.8) is 0 Å². The average Bonchev–Trinajstić information content (AvgIpc) is 3.04. The molecule has 150 valence electrons. The van der Waals surface area contributed by atoms with Crippen LogP contribution in [0.5, 0.6) is 11.5 Å². The summed E-state index contributed by atoms with van der Waals surface area (Å²) in [7, 11) is 3.65. The molecule has 1 aliphatic rings. The number of aliphatic hydroxyl groups is 1. The van der Waals surface area contributed by atoms with Gasteiger partial charge in [-0.2, -0.15) is 0 Å². The number of amides is 1. The Bertz CT molecular complexity index is 892. The number of rotatable bonds is 5. The molecule has 0 radical (unpaired) electrons. The highest BCUT2D eigenvalue weighted by molar-refractivity contribution is 5.97. The number of phenolic OH excluding ortho intramolecular Hbond substituents is 2. The number of likely N-dealkylation sites (N-methyl/N-ethyl adjacent to an activating group) is 1. The van der Waals surface area contributed by atoms with Gasteiger partial charge in [-0.05, 0) is 48.3 Å². The molecule has 3 N–H and O–H groups in total. The van der Waals surface area contributed by atoms with Gasteiger partial charge in [-0.3, -0.25) is 9.69 Å². The number of nitrogens with zero attached hydrogens (tertiary/aromatic N) is 2. The molecule has 1 heterocycles. The second-order valence-corrected chi connectivity index (χ2v) is 8.00. The normalized spacial score (nSPS) is 14.6. The molecule has 2 aromatic carbocycles. The minimum Gasteiger partial charge on any atom is -0.508 e. The first-order valence-corrected chi connectivity index (χ1v) is 9.47. The van der Waals surface area contributed by atoms with E-state index in [0.717, 1.165) is 16.7 Å². The number of benzene rings is 2. The summed E-state index contributed by atoms with van der Waals surface area (Å²) < 4.78 is 0. The minimum absolute atomic E-state index is 0.00199. The smallest absolute Gasteiger partial charge is 0.258 e. The second kappa shape index (κ2) is 7.81. The van der Waals surface area contributed by atoms with Gasteiger partial charge in [0.2, 0.25) is 0 Å². The molecular weight excluding hydrogens is 356 g/mol. The number of aromatic hydroxyl groups is 2. The molecular formula is C22H28N2O4. The molecule has 0 spiro atoms. The third kappa shape index (κ3) is 3.98. The summed E-state index contributed by atoms with van der Waals surface area (Å²) in [5, 5.41) is 30.3. The van der Waals surface area contributed by atoms with Crippen LogP contribution in [0.1, 0.15) is 52.4 Å². The van der Waals surface area contributed by atoms with E-state index in [2.05, 4.69) is 0 Å². The Morgan fingerprint density at radius 1 is 1.07 bits per heavy atom. The van der Waals surface area contributed by atoms with Gasteiger partial charge in [0.15, 0.2) is 0 Å². The van der Waals surface area contributed by atoms with Crippen LogP contribution >= 0.6 is 0 Å². The number of hydrogen-bond donors (Lipinski definition) is 3. The van der Waals surface area contributed by atoms with Gasteiger partial charge >= 0.3 is 0 Å². The van der Waals surface area contributed by atoms with Crippen LogP contribution in [0, 0.1) is 0 Å². The van der Waals surface area contributed by atoms with Crippen molar-refractivity contribution in [3.8, 4) is 11.5 Å². The monoisotopic (exact) mass is 384 g/mol. The van der Waals surface area contributed by atoms with Gasteiger partial charge in [-0.25, -0.2) is 0 Å². The second-order valence-electron chi connectivity index (χ2n) is 8.00. The Balaban J connectivity index is 1.81. The summed E-state index contributed by atoms with van der Waals surface area (Å²) in [6.45, 7) is 4.78. The third-order valence-electron chi connectivity index (χ3n) is 5.29.